The molecule has 0 bridgehead atoms. The van der Waals surface area contributed by atoms with Gasteiger partial charge in [-0.05, 0) is 40.6 Å². The molecule has 1 heterocycles. The molecule has 8 nitrogen and oxygen atoms in total. The van der Waals surface area contributed by atoms with Crippen LogP contribution in [0.15, 0.2) is 65.6 Å². The number of benzene rings is 3. The van der Waals surface area contributed by atoms with Crippen LogP contribution in [0, 0.1) is 10.1 Å². The zero-order chi connectivity index (χ0) is 22.2. The number of fused-ring (bicyclic) bond motifs is 1. The zero-order valence-electron chi connectivity index (χ0n) is 16.3. The molecule has 0 atom stereocenters. The third-order valence-electron chi connectivity index (χ3n) is 5.22. The van der Waals surface area contributed by atoms with Gasteiger partial charge in [0.15, 0.2) is 0 Å². The fourth-order valence-electron chi connectivity index (χ4n) is 3.51. The van der Waals surface area contributed by atoms with Crippen LogP contribution in [0.25, 0.3) is 10.8 Å². The van der Waals surface area contributed by atoms with Gasteiger partial charge in [-0.3, -0.25) is 14.9 Å². The fourth-order valence-corrected chi connectivity index (χ4v) is 5.10. The first-order chi connectivity index (χ1) is 14.7. The van der Waals surface area contributed by atoms with Gasteiger partial charge in [0.2, 0.25) is 15.9 Å². The summed E-state index contributed by atoms with van der Waals surface area (Å²) in [4.78, 5) is 24.6. The highest BCUT2D eigenvalue weighted by molar-refractivity contribution is 7.89. The molecule has 0 radical (unpaired) electrons. The van der Waals surface area contributed by atoms with Crippen molar-refractivity contribution in [3.63, 3.8) is 0 Å². The van der Waals surface area contributed by atoms with E-state index in [-0.39, 0.29) is 42.7 Å². The summed E-state index contributed by atoms with van der Waals surface area (Å²) in [6.45, 7) is 0.410. The Kier molecular flexibility index (Phi) is 5.65. The number of nitrogens with zero attached hydrogens (tertiary/aromatic N) is 3. The Morgan fingerprint density at radius 3 is 2.32 bits per heavy atom. The largest absolute Gasteiger partial charge is 0.336 e. The van der Waals surface area contributed by atoms with E-state index < -0.39 is 14.9 Å². The molecule has 0 unspecified atom stereocenters. The van der Waals surface area contributed by atoms with E-state index in [2.05, 4.69) is 0 Å². The van der Waals surface area contributed by atoms with Crippen LogP contribution < -0.4 is 0 Å². The second kappa shape index (κ2) is 8.26. The van der Waals surface area contributed by atoms with E-state index in [1.165, 1.54) is 22.5 Å². The average Bonchev–Trinajstić information content (AvgIpc) is 2.75. The number of carbonyl (C=O) groups is 1. The molecule has 4 rings (SSSR count). The molecule has 0 aliphatic carbocycles. The van der Waals surface area contributed by atoms with Gasteiger partial charge in [0, 0.05) is 36.8 Å². The summed E-state index contributed by atoms with van der Waals surface area (Å²) in [5.41, 5.74) is 0.715. The maximum absolute atomic E-state index is 13.1. The van der Waals surface area contributed by atoms with E-state index in [1.54, 1.807) is 47.4 Å². The molecule has 0 aromatic heterocycles. The minimum Gasteiger partial charge on any atom is -0.336 e. The van der Waals surface area contributed by atoms with Gasteiger partial charge in [0.1, 0.15) is 0 Å². The number of rotatable bonds is 5. The number of nitro benzene ring substituents is 1. The second-order valence-corrected chi connectivity index (χ2v) is 9.61. The lowest BCUT2D eigenvalue weighted by Crippen LogP contribution is -2.51. The zero-order valence-corrected chi connectivity index (χ0v) is 17.8. The molecule has 1 amide bonds. The second-order valence-electron chi connectivity index (χ2n) is 7.23. The summed E-state index contributed by atoms with van der Waals surface area (Å²) in [7, 11) is -3.83. The molecule has 1 saturated heterocycles. The SMILES string of the molecule is O=C1CN(S(=O)(=O)c2ccc3cc(Cl)ccc3c2)CCN1Cc1ccc([N+](=O)[O-])cc1. The summed E-state index contributed by atoms with van der Waals surface area (Å²) < 4.78 is 27.3. The molecule has 10 heteroatoms. The van der Waals surface area contributed by atoms with Crippen LogP contribution in [-0.2, 0) is 21.4 Å². The predicted octanol–water partition coefficient (Wildman–Crippen LogP) is 3.43. The van der Waals surface area contributed by atoms with Crippen molar-refractivity contribution in [3.8, 4) is 0 Å². The van der Waals surface area contributed by atoms with Crippen LogP contribution >= 0.6 is 11.6 Å². The highest BCUT2D eigenvalue weighted by Gasteiger charge is 2.33. The van der Waals surface area contributed by atoms with Crippen molar-refractivity contribution in [2.45, 2.75) is 11.4 Å². The van der Waals surface area contributed by atoms with Crippen LogP contribution in [-0.4, -0.2) is 48.1 Å². The van der Waals surface area contributed by atoms with Gasteiger partial charge in [-0.25, -0.2) is 8.42 Å². The summed E-state index contributed by atoms with van der Waals surface area (Å²) >= 11 is 5.98. The number of non-ortho nitro benzene ring substituents is 1. The first-order valence-electron chi connectivity index (χ1n) is 9.44. The van der Waals surface area contributed by atoms with E-state index in [1.807, 2.05) is 0 Å². The Bertz CT molecular complexity index is 1280. The number of hydrogen-bond acceptors (Lipinski definition) is 5. The Hall–Kier alpha value is -3.01. The predicted molar refractivity (Wildman–Crippen MR) is 116 cm³/mol. The third-order valence-corrected chi connectivity index (χ3v) is 7.29. The van der Waals surface area contributed by atoms with Crippen LogP contribution in [0.2, 0.25) is 5.02 Å². The number of piperazine rings is 1. The number of sulfonamides is 1. The van der Waals surface area contributed by atoms with Gasteiger partial charge in [-0.2, -0.15) is 4.31 Å². The summed E-state index contributed by atoms with van der Waals surface area (Å²) in [6.07, 6.45) is 0. The molecule has 31 heavy (non-hydrogen) atoms. The highest BCUT2D eigenvalue weighted by Crippen LogP contribution is 2.25. The molecule has 0 spiro atoms. The maximum atomic E-state index is 13.1. The molecule has 0 N–H and O–H groups in total. The third kappa shape index (κ3) is 4.39. The Balaban J connectivity index is 1.48. The van der Waals surface area contributed by atoms with Crippen LogP contribution in [0.1, 0.15) is 5.56 Å². The van der Waals surface area contributed by atoms with Gasteiger partial charge in [0.25, 0.3) is 5.69 Å². The Morgan fingerprint density at radius 2 is 1.65 bits per heavy atom. The lowest BCUT2D eigenvalue weighted by molar-refractivity contribution is -0.384. The van der Waals surface area contributed by atoms with E-state index >= 15 is 0 Å². The Morgan fingerprint density at radius 1 is 0.968 bits per heavy atom. The van der Waals surface area contributed by atoms with E-state index in [4.69, 9.17) is 11.6 Å². The Labute approximate surface area is 183 Å². The normalized spacial score (nSPS) is 15.4. The maximum Gasteiger partial charge on any atom is 0.269 e. The lowest BCUT2D eigenvalue weighted by Gasteiger charge is -2.33. The quantitative estimate of drug-likeness (QED) is 0.429. The van der Waals surface area contributed by atoms with Crippen molar-refractivity contribution in [2.75, 3.05) is 19.6 Å². The molecular formula is C21H18ClN3O5S. The van der Waals surface area contributed by atoms with E-state index in [0.717, 1.165) is 16.3 Å². The first kappa shape index (κ1) is 21.2. The summed E-state index contributed by atoms with van der Waals surface area (Å²) in [6, 6.07) is 15.9. The van der Waals surface area contributed by atoms with Crippen LogP contribution in [0.4, 0.5) is 5.69 Å². The highest BCUT2D eigenvalue weighted by atomic mass is 35.5. The summed E-state index contributed by atoms with van der Waals surface area (Å²) in [5.74, 6) is -0.319. The number of amides is 1. The van der Waals surface area contributed by atoms with Crippen molar-refractivity contribution < 1.29 is 18.1 Å². The molecule has 160 valence electrons. The monoisotopic (exact) mass is 459 g/mol. The fraction of sp³-hybridized carbons (Fsp3) is 0.190. The van der Waals surface area contributed by atoms with Gasteiger partial charge in [-0.15, -0.1) is 0 Å². The van der Waals surface area contributed by atoms with Crippen molar-refractivity contribution in [1.82, 2.24) is 9.21 Å². The van der Waals surface area contributed by atoms with E-state index in [0.29, 0.717) is 5.02 Å². The van der Waals surface area contributed by atoms with Crippen molar-refractivity contribution in [2.24, 2.45) is 0 Å². The molecular weight excluding hydrogens is 442 g/mol. The number of hydrogen-bond donors (Lipinski definition) is 0. The van der Waals surface area contributed by atoms with Crippen molar-refractivity contribution in [1.29, 1.82) is 0 Å². The van der Waals surface area contributed by atoms with Gasteiger partial charge in [0.05, 0.1) is 16.4 Å². The topological polar surface area (TPSA) is 101 Å². The van der Waals surface area contributed by atoms with Gasteiger partial charge < -0.3 is 4.90 Å². The molecule has 3 aromatic rings. The van der Waals surface area contributed by atoms with Crippen molar-refractivity contribution >= 4 is 44.0 Å². The lowest BCUT2D eigenvalue weighted by atomic mass is 10.1. The van der Waals surface area contributed by atoms with Gasteiger partial charge in [-0.1, -0.05) is 35.9 Å². The number of carbonyl (C=O) groups excluding carboxylic acids is 1. The van der Waals surface area contributed by atoms with Crippen LogP contribution in [0.3, 0.4) is 0 Å². The number of halogens is 1. The summed E-state index contributed by atoms with van der Waals surface area (Å²) in [5, 5.41) is 12.9. The first-order valence-corrected chi connectivity index (χ1v) is 11.3. The minimum atomic E-state index is -3.83. The molecule has 3 aromatic carbocycles. The molecule has 0 saturated carbocycles. The molecule has 1 fully saturated rings. The van der Waals surface area contributed by atoms with Crippen LogP contribution in [0.5, 0.6) is 0 Å². The van der Waals surface area contributed by atoms with Gasteiger partial charge >= 0.3 is 0 Å². The molecule has 1 aliphatic rings. The van der Waals surface area contributed by atoms with Crippen molar-refractivity contribution in [3.05, 3.63) is 81.4 Å². The minimum absolute atomic E-state index is 0.0244. The average molecular weight is 460 g/mol. The number of nitro groups is 1. The molecule has 1 aliphatic heterocycles. The standard InChI is InChI=1S/C21H18ClN3O5S/c22-18-5-3-17-12-20(8-4-16(17)11-18)31(29,30)24-10-9-23(21(26)14-24)13-15-1-6-19(7-2-15)25(27)28/h1-8,11-12H,9-10,13-14H2. The smallest absolute Gasteiger partial charge is 0.269 e. The van der Waals surface area contributed by atoms with E-state index in [9.17, 15) is 23.3 Å².